The van der Waals surface area contributed by atoms with Gasteiger partial charge in [-0.1, -0.05) is 48.5 Å². The number of benzene rings is 2. The van der Waals surface area contributed by atoms with Crippen molar-refractivity contribution in [1.82, 2.24) is 9.88 Å². The fraction of sp³-hybridized carbons (Fsp3) is 0.280. The summed E-state index contributed by atoms with van der Waals surface area (Å²) in [6.07, 6.45) is 4.16. The first kappa shape index (κ1) is 19.3. The van der Waals surface area contributed by atoms with E-state index in [-0.39, 0.29) is 0 Å². The fourth-order valence-corrected chi connectivity index (χ4v) is 3.96. The molecule has 29 heavy (non-hydrogen) atoms. The van der Waals surface area contributed by atoms with Gasteiger partial charge in [-0.25, -0.2) is 4.98 Å². The highest BCUT2D eigenvalue weighted by atomic mass is 16.5. The number of ether oxygens (including phenoxy) is 1. The summed E-state index contributed by atoms with van der Waals surface area (Å²) in [5, 5.41) is 0. The van der Waals surface area contributed by atoms with Crippen molar-refractivity contribution >= 4 is 6.29 Å². The molecule has 1 atom stereocenters. The van der Waals surface area contributed by atoms with Gasteiger partial charge in [-0.05, 0) is 54.1 Å². The number of aldehydes is 1. The summed E-state index contributed by atoms with van der Waals surface area (Å²) in [6, 6.07) is 20.9. The molecule has 0 N–H and O–H groups in total. The molecule has 1 unspecified atom stereocenters. The summed E-state index contributed by atoms with van der Waals surface area (Å²) in [5.41, 5.74) is 4.73. The van der Waals surface area contributed by atoms with Crippen LogP contribution in [-0.2, 0) is 17.8 Å². The Labute approximate surface area is 172 Å². The Balaban J connectivity index is 1.37. The van der Waals surface area contributed by atoms with E-state index in [0.29, 0.717) is 18.2 Å². The smallest absolute Gasteiger partial charge is 0.219 e. The van der Waals surface area contributed by atoms with Crippen molar-refractivity contribution in [2.75, 3.05) is 13.1 Å². The summed E-state index contributed by atoms with van der Waals surface area (Å²) < 4.78 is 5.93. The first-order chi connectivity index (χ1) is 14.2. The van der Waals surface area contributed by atoms with Crippen LogP contribution in [-0.4, -0.2) is 29.3 Å². The second kappa shape index (κ2) is 9.01. The molecule has 0 bridgehead atoms. The highest BCUT2D eigenvalue weighted by Gasteiger charge is 2.23. The van der Waals surface area contributed by atoms with Gasteiger partial charge in [0.25, 0.3) is 0 Å². The van der Waals surface area contributed by atoms with E-state index in [1.165, 1.54) is 17.5 Å². The Morgan fingerprint density at radius 2 is 1.93 bits per heavy atom. The van der Waals surface area contributed by atoms with E-state index < -0.39 is 0 Å². The van der Waals surface area contributed by atoms with Crippen LogP contribution in [0.2, 0.25) is 0 Å². The molecule has 1 saturated heterocycles. The molecule has 1 fully saturated rings. The van der Waals surface area contributed by atoms with Gasteiger partial charge in [0.05, 0.1) is 0 Å². The number of carbonyl (C=O) groups is 1. The first-order valence-corrected chi connectivity index (χ1v) is 10.1. The largest absolute Gasteiger partial charge is 0.439 e. The average Bonchev–Trinajstić information content (AvgIpc) is 3.21. The van der Waals surface area contributed by atoms with Gasteiger partial charge in [0.15, 0.2) is 0 Å². The second-order valence-electron chi connectivity index (χ2n) is 7.71. The van der Waals surface area contributed by atoms with Gasteiger partial charge in [0, 0.05) is 31.8 Å². The molecule has 0 spiro atoms. The van der Waals surface area contributed by atoms with Crippen LogP contribution in [0.15, 0.2) is 66.9 Å². The molecule has 2 aromatic carbocycles. The Morgan fingerprint density at radius 3 is 2.66 bits per heavy atom. The molecule has 4 heteroatoms. The maximum Gasteiger partial charge on any atom is 0.219 e. The van der Waals surface area contributed by atoms with Gasteiger partial charge in [-0.2, -0.15) is 0 Å². The predicted octanol–water partition coefficient (Wildman–Crippen LogP) is 4.91. The predicted molar refractivity (Wildman–Crippen MR) is 114 cm³/mol. The summed E-state index contributed by atoms with van der Waals surface area (Å²) in [4.78, 5) is 17.4. The van der Waals surface area contributed by atoms with Crippen LogP contribution in [0.4, 0.5) is 0 Å². The van der Waals surface area contributed by atoms with Crippen LogP contribution in [0.25, 0.3) is 0 Å². The third-order valence-corrected chi connectivity index (χ3v) is 5.52. The molecule has 0 radical (unpaired) electrons. The Morgan fingerprint density at radius 1 is 1.10 bits per heavy atom. The maximum absolute atomic E-state index is 10.6. The number of aryl methyl sites for hydroxylation is 1. The maximum atomic E-state index is 10.6. The van der Waals surface area contributed by atoms with Crippen molar-refractivity contribution in [3.05, 3.63) is 89.1 Å². The van der Waals surface area contributed by atoms with Crippen LogP contribution in [0.5, 0.6) is 11.6 Å². The Bertz CT molecular complexity index is 954. The summed E-state index contributed by atoms with van der Waals surface area (Å²) in [6.45, 7) is 5.27. The van der Waals surface area contributed by atoms with Crippen molar-refractivity contribution in [2.24, 2.45) is 0 Å². The summed E-state index contributed by atoms with van der Waals surface area (Å²) in [7, 11) is 0. The van der Waals surface area contributed by atoms with Gasteiger partial charge in [-0.15, -0.1) is 0 Å². The van der Waals surface area contributed by atoms with Gasteiger partial charge < -0.3 is 9.53 Å². The molecule has 4 nitrogen and oxygen atoms in total. The van der Waals surface area contributed by atoms with Crippen LogP contribution in [0.3, 0.4) is 0 Å². The molecule has 1 aliphatic rings. The molecule has 3 aromatic rings. The van der Waals surface area contributed by atoms with Crippen LogP contribution in [0, 0.1) is 6.92 Å². The van der Waals surface area contributed by atoms with Gasteiger partial charge in [0.1, 0.15) is 12.0 Å². The van der Waals surface area contributed by atoms with Crippen molar-refractivity contribution in [3.8, 4) is 11.6 Å². The topological polar surface area (TPSA) is 42.4 Å². The van der Waals surface area contributed by atoms with Gasteiger partial charge in [-0.3, -0.25) is 4.90 Å². The van der Waals surface area contributed by atoms with Crippen LogP contribution >= 0.6 is 0 Å². The van der Waals surface area contributed by atoms with Crippen molar-refractivity contribution < 1.29 is 9.53 Å². The quantitative estimate of drug-likeness (QED) is 0.541. The van der Waals surface area contributed by atoms with Gasteiger partial charge >= 0.3 is 0 Å². The first-order valence-electron chi connectivity index (χ1n) is 10.1. The lowest BCUT2D eigenvalue weighted by Gasteiger charge is -2.17. The number of carbonyl (C=O) groups excluding carboxylic acids is 1. The minimum atomic E-state index is 0.378. The number of aromatic nitrogens is 1. The lowest BCUT2D eigenvalue weighted by Crippen LogP contribution is -2.19. The highest BCUT2D eigenvalue weighted by Crippen LogP contribution is 2.29. The number of hydrogen-bond donors (Lipinski definition) is 0. The molecular weight excluding hydrogens is 360 g/mol. The minimum absolute atomic E-state index is 0.378. The number of pyridine rings is 1. The second-order valence-corrected chi connectivity index (χ2v) is 7.71. The zero-order valence-electron chi connectivity index (χ0n) is 16.8. The van der Waals surface area contributed by atoms with E-state index in [1.54, 1.807) is 12.3 Å². The zero-order chi connectivity index (χ0) is 20.1. The zero-order valence-corrected chi connectivity index (χ0v) is 16.8. The normalized spacial score (nSPS) is 16.7. The summed E-state index contributed by atoms with van der Waals surface area (Å²) >= 11 is 0. The number of likely N-dealkylation sites (tertiary alicyclic amines) is 1. The number of nitrogens with zero attached hydrogens (tertiary/aromatic N) is 2. The van der Waals surface area contributed by atoms with E-state index in [2.05, 4.69) is 59.3 Å². The SMILES string of the molecule is Cc1cc(CN2CCC(c3ccccc3)C2)ccc1Oc1ccc(CC=O)cn1. The van der Waals surface area contributed by atoms with Crippen LogP contribution in [0.1, 0.15) is 34.6 Å². The third-order valence-electron chi connectivity index (χ3n) is 5.52. The molecule has 4 rings (SSSR count). The monoisotopic (exact) mass is 386 g/mol. The molecule has 0 aliphatic carbocycles. The lowest BCUT2D eigenvalue weighted by molar-refractivity contribution is -0.107. The Hall–Kier alpha value is -2.98. The Kier molecular flexibility index (Phi) is 6.01. The van der Waals surface area contributed by atoms with E-state index in [9.17, 15) is 4.79 Å². The van der Waals surface area contributed by atoms with E-state index >= 15 is 0 Å². The molecule has 0 saturated carbocycles. The van der Waals surface area contributed by atoms with E-state index in [0.717, 1.165) is 42.8 Å². The van der Waals surface area contributed by atoms with E-state index in [1.807, 2.05) is 12.1 Å². The fourth-order valence-electron chi connectivity index (χ4n) is 3.96. The average molecular weight is 386 g/mol. The van der Waals surface area contributed by atoms with E-state index in [4.69, 9.17) is 4.74 Å². The van der Waals surface area contributed by atoms with Crippen molar-refractivity contribution in [1.29, 1.82) is 0 Å². The van der Waals surface area contributed by atoms with Gasteiger partial charge in [0.2, 0.25) is 5.88 Å². The lowest BCUT2D eigenvalue weighted by atomic mass is 9.99. The number of hydrogen-bond acceptors (Lipinski definition) is 4. The van der Waals surface area contributed by atoms with Crippen LogP contribution < -0.4 is 4.74 Å². The third kappa shape index (κ3) is 4.90. The standard InChI is InChI=1S/C25H26N2O2/c1-19-15-21(17-27-13-11-23(18-27)22-5-3-2-4-6-22)7-9-24(19)29-25-10-8-20(12-14-28)16-26-25/h2-10,14-16,23H,11-13,17-18H2,1H3. The molecule has 2 heterocycles. The molecule has 1 aromatic heterocycles. The van der Waals surface area contributed by atoms with Crippen molar-refractivity contribution in [3.63, 3.8) is 0 Å². The molecule has 148 valence electrons. The molecular formula is C25H26N2O2. The van der Waals surface area contributed by atoms with Crippen molar-refractivity contribution in [2.45, 2.75) is 32.2 Å². The summed E-state index contributed by atoms with van der Waals surface area (Å²) in [5.74, 6) is 1.99. The highest BCUT2D eigenvalue weighted by molar-refractivity contribution is 5.54. The molecule has 1 aliphatic heterocycles. The molecule has 0 amide bonds. The minimum Gasteiger partial charge on any atom is -0.439 e. The number of rotatable bonds is 7.